The molecule has 0 unspecified atom stereocenters. The molecule has 0 bridgehead atoms. The van der Waals surface area contributed by atoms with Crippen LogP contribution in [-0.2, 0) is 0 Å². The molecule has 0 aliphatic carbocycles. The standard InChI is InChI=1S/C23H18O3/c1-15-13-17-14-19(25)9-12-21(17)23(22(15)16-5-3-2-4-6-16)26-20-10-7-18(24)8-11-20/h2-14,24-25H,1H3. The molecular weight excluding hydrogens is 324 g/mol. The van der Waals surface area contributed by atoms with Gasteiger partial charge in [0.2, 0.25) is 0 Å². The van der Waals surface area contributed by atoms with Crippen molar-refractivity contribution in [2.24, 2.45) is 0 Å². The average molecular weight is 342 g/mol. The van der Waals surface area contributed by atoms with Crippen LogP contribution in [0.4, 0.5) is 0 Å². The fraction of sp³-hybridized carbons (Fsp3) is 0.0435. The van der Waals surface area contributed by atoms with E-state index in [0.29, 0.717) is 5.75 Å². The van der Waals surface area contributed by atoms with Gasteiger partial charge in [-0.3, -0.25) is 0 Å². The zero-order valence-corrected chi connectivity index (χ0v) is 14.3. The Bertz CT molecular complexity index is 1070. The number of rotatable bonds is 3. The Hall–Kier alpha value is -3.46. The van der Waals surface area contributed by atoms with Crippen LogP contribution >= 0.6 is 0 Å². The second-order valence-electron chi connectivity index (χ2n) is 6.27. The maximum absolute atomic E-state index is 9.85. The van der Waals surface area contributed by atoms with E-state index in [2.05, 4.69) is 18.2 Å². The minimum atomic E-state index is 0.194. The third-order valence-corrected chi connectivity index (χ3v) is 4.39. The largest absolute Gasteiger partial charge is 0.508 e. The Kier molecular flexibility index (Phi) is 3.98. The molecule has 0 radical (unpaired) electrons. The molecule has 4 aromatic rings. The summed E-state index contributed by atoms with van der Waals surface area (Å²) in [5.41, 5.74) is 3.13. The first-order valence-electron chi connectivity index (χ1n) is 8.40. The predicted molar refractivity (Wildman–Crippen MR) is 104 cm³/mol. The van der Waals surface area contributed by atoms with E-state index in [1.54, 1.807) is 36.4 Å². The topological polar surface area (TPSA) is 49.7 Å². The number of phenolic OH excluding ortho intramolecular Hbond substituents is 2. The molecule has 4 rings (SSSR count). The molecule has 0 saturated carbocycles. The van der Waals surface area contributed by atoms with E-state index in [1.165, 1.54) is 0 Å². The van der Waals surface area contributed by atoms with Crippen LogP contribution in [0.3, 0.4) is 0 Å². The molecule has 0 aromatic heterocycles. The molecule has 3 nitrogen and oxygen atoms in total. The zero-order chi connectivity index (χ0) is 18.1. The Morgan fingerprint density at radius 3 is 2.15 bits per heavy atom. The summed E-state index contributed by atoms with van der Waals surface area (Å²) in [5.74, 6) is 1.79. The van der Waals surface area contributed by atoms with Crippen LogP contribution in [0.5, 0.6) is 23.0 Å². The first-order valence-corrected chi connectivity index (χ1v) is 8.40. The van der Waals surface area contributed by atoms with Crippen molar-refractivity contribution in [1.29, 1.82) is 0 Å². The van der Waals surface area contributed by atoms with Gasteiger partial charge in [0.1, 0.15) is 23.0 Å². The minimum Gasteiger partial charge on any atom is -0.508 e. The number of fused-ring (bicyclic) bond motifs is 1. The molecule has 4 aromatic carbocycles. The lowest BCUT2D eigenvalue weighted by Gasteiger charge is -2.17. The number of aryl methyl sites for hydroxylation is 1. The van der Waals surface area contributed by atoms with Crippen molar-refractivity contribution in [3.63, 3.8) is 0 Å². The SMILES string of the molecule is Cc1cc2cc(O)ccc2c(Oc2ccc(O)cc2)c1-c1ccccc1. The lowest BCUT2D eigenvalue weighted by atomic mass is 9.94. The number of ether oxygens (including phenoxy) is 1. The van der Waals surface area contributed by atoms with Gasteiger partial charge in [-0.25, -0.2) is 0 Å². The second-order valence-corrected chi connectivity index (χ2v) is 6.27. The molecule has 0 atom stereocenters. The van der Waals surface area contributed by atoms with Gasteiger partial charge in [-0.2, -0.15) is 0 Å². The van der Waals surface area contributed by atoms with Gasteiger partial charge in [0.15, 0.2) is 0 Å². The van der Waals surface area contributed by atoms with Crippen LogP contribution < -0.4 is 4.74 Å². The zero-order valence-electron chi connectivity index (χ0n) is 14.3. The van der Waals surface area contributed by atoms with Crippen molar-refractivity contribution in [1.82, 2.24) is 0 Å². The molecule has 0 spiro atoms. The first-order chi connectivity index (χ1) is 12.6. The normalized spacial score (nSPS) is 10.8. The van der Waals surface area contributed by atoms with Crippen molar-refractivity contribution in [2.45, 2.75) is 6.92 Å². The van der Waals surface area contributed by atoms with E-state index in [4.69, 9.17) is 4.74 Å². The fourth-order valence-corrected chi connectivity index (χ4v) is 3.20. The van der Waals surface area contributed by atoms with Gasteiger partial charge in [0, 0.05) is 10.9 Å². The molecule has 2 N–H and O–H groups in total. The highest BCUT2D eigenvalue weighted by Crippen LogP contribution is 2.42. The summed E-state index contributed by atoms with van der Waals surface area (Å²) in [7, 11) is 0. The van der Waals surface area contributed by atoms with Crippen LogP contribution in [0.25, 0.3) is 21.9 Å². The van der Waals surface area contributed by atoms with Gasteiger partial charge in [-0.15, -0.1) is 0 Å². The molecular formula is C23H18O3. The Morgan fingerprint density at radius 2 is 1.42 bits per heavy atom. The lowest BCUT2D eigenvalue weighted by Crippen LogP contribution is -1.93. The summed E-state index contributed by atoms with van der Waals surface area (Å²) in [6, 6.07) is 24.1. The van der Waals surface area contributed by atoms with E-state index in [9.17, 15) is 10.2 Å². The monoisotopic (exact) mass is 342 g/mol. The van der Waals surface area contributed by atoms with Crippen LogP contribution in [-0.4, -0.2) is 10.2 Å². The predicted octanol–water partition coefficient (Wildman–Crippen LogP) is 6.02. The number of phenols is 2. The number of aromatic hydroxyl groups is 2. The van der Waals surface area contributed by atoms with Crippen LogP contribution in [0.15, 0.2) is 78.9 Å². The third kappa shape index (κ3) is 2.95. The molecule has 0 aliphatic rings. The molecule has 0 saturated heterocycles. The second kappa shape index (κ2) is 6.45. The number of benzene rings is 4. The molecule has 0 aliphatic heterocycles. The van der Waals surface area contributed by atoms with Gasteiger partial charge >= 0.3 is 0 Å². The highest BCUT2D eigenvalue weighted by atomic mass is 16.5. The highest BCUT2D eigenvalue weighted by molar-refractivity contribution is 5.97. The quantitative estimate of drug-likeness (QED) is 0.479. The van der Waals surface area contributed by atoms with E-state index in [-0.39, 0.29) is 11.5 Å². The van der Waals surface area contributed by atoms with E-state index in [1.807, 2.05) is 31.2 Å². The molecule has 128 valence electrons. The summed E-state index contributed by atoms with van der Waals surface area (Å²) in [6.45, 7) is 2.04. The molecule has 0 fully saturated rings. The van der Waals surface area contributed by atoms with E-state index >= 15 is 0 Å². The third-order valence-electron chi connectivity index (χ3n) is 4.39. The number of hydrogen-bond donors (Lipinski definition) is 2. The molecule has 0 heterocycles. The Labute approximate surface area is 151 Å². The molecule has 26 heavy (non-hydrogen) atoms. The van der Waals surface area contributed by atoms with Crippen LogP contribution in [0.2, 0.25) is 0 Å². The summed E-state index contributed by atoms with van der Waals surface area (Å²) < 4.78 is 6.26. The van der Waals surface area contributed by atoms with Gasteiger partial charge in [0.05, 0.1) is 0 Å². The van der Waals surface area contributed by atoms with Gasteiger partial charge < -0.3 is 14.9 Å². The molecule has 0 amide bonds. The average Bonchev–Trinajstić information content (AvgIpc) is 2.64. The van der Waals surface area contributed by atoms with Crippen molar-refractivity contribution in [3.05, 3.63) is 84.4 Å². The first kappa shape index (κ1) is 16.0. The van der Waals surface area contributed by atoms with Crippen LogP contribution in [0.1, 0.15) is 5.56 Å². The fourth-order valence-electron chi connectivity index (χ4n) is 3.20. The van der Waals surface area contributed by atoms with Crippen molar-refractivity contribution in [3.8, 4) is 34.1 Å². The number of hydrogen-bond acceptors (Lipinski definition) is 3. The van der Waals surface area contributed by atoms with Crippen molar-refractivity contribution < 1.29 is 14.9 Å². The summed E-state index contributed by atoms with van der Waals surface area (Å²) in [4.78, 5) is 0. The minimum absolute atomic E-state index is 0.194. The summed E-state index contributed by atoms with van der Waals surface area (Å²) in [6.07, 6.45) is 0. The van der Waals surface area contributed by atoms with Gasteiger partial charge in [-0.1, -0.05) is 36.4 Å². The van der Waals surface area contributed by atoms with E-state index < -0.39 is 0 Å². The van der Waals surface area contributed by atoms with Crippen LogP contribution in [0, 0.1) is 6.92 Å². The summed E-state index contributed by atoms with van der Waals surface area (Å²) >= 11 is 0. The molecule has 3 heteroatoms. The van der Waals surface area contributed by atoms with Crippen molar-refractivity contribution in [2.75, 3.05) is 0 Å². The lowest BCUT2D eigenvalue weighted by molar-refractivity contribution is 0.466. The maximum Gasteiger partial charge on any atom is 0.143 e. The smallest absolute Gasteiger partial charge is 0.143 e. The van der Waals surface area contributed by atoms with Gasteiger partial charge in [-0.05, 0) is 65.9 Å². The van der Waals surface area contributed by atoms with Gasteiger partial charge in [0.25, 0.3) is 0 Å². The highest BCUT2D eigenvalue weighted by Gasteiger charge is 2.16. The Balaban J connectivity index is 1.98. The maximum atomic E-state index is 9.85. The Morgan fingerprint density at radius 1 is 0.731 bits per heavy atom. The van der Waals surface area contributed by atoms with E-state index in [0.717, 1.165) is 33.2 Å². The van der Waals surface area contributed by atoms with Crippen molar-refractivity contribution >= 4 is 10.8 Å². The summed E-state index contributed by atoms with van der Waals surface area (Å²) in [5, 5.41) is 21.2.